The molecule has 152 valence electrons. The molecule has 1 saturated heterocycles. The Hall–Kier alpha value is -2.86. The van der Waals surface area contributed by atoms with Crippen LogP contribution in [0.15, 0.2) is 48.5 Å². The third-order valence-corrected chi connectivity index (χ3v) is 5.68. The zero-order valence-corrected chi connectivity index (χ0v) is 16.7. The molecule has 2 aromatic carbocycles. The lowest BCUT2D eigenvalue weighted by Gasteiger charge is -2.32. The lowest BCUT2D eigenvalue weighted by atomic mass is 10.1. The van der Waals surface area contributed by atoms with E-state index in [1.807, 2.05) is 35.2 Å². The van der Waals surface area contributed by atoms with Crippen LogP contribution in [0.2, 0.25) is 0 Å². The highest BCUT2D eigenvalue weighted by atomic mass is 16.5. The van der Waals surface area contributed by atoms with Crippen molar-refractivity contribution in [3.63, 3.8) is 0 Å². The number of hydrogen-bond donors (Lipinski definition) is 2. The maximum atomic E-state index is 12.4. The Morgan fingerprint density at radius 3 is 2.62 bits per heavy atom. The smallest absolute Gasteiger partial charge is 0.242 e. The van der Waals surface area contributed by atoms with Crippen molar-refractivity contribution in [1.82, 2.24) is 10.2 Å². The lowest BCUT2D eigenvalue weighted by Crippen LogP contribution is -3.13. The van der Waals surface area contributed by atoms with Gasteiger partial charge in [-0.15, -0.1) is 0 Å². The van der Waals surface area contributed by atoms with E-state index in [1.54, 1.807) is 0 Å². The van der Waals surface area contributed by atoms with E-state index in [1.165, 1.54) is 16.0 Å². The summed E-state index contributed by atoms with van der Waals surface area (Å²) in [5.41, 5.74) is 3.59. The number of ether oxygens (including phenoxy) is 1. The largest absolute Gasteiger partial charge is 0.493 e. The first-order valence-electron chi connectivity index (χ1n) is 10.3. The standard InChI is InChI=1S/C23H27N3O3/c27-22(15-18-4-2-1-3-5-18)24-16-23(28)26-11-9-25(10-12-26)17-19-6-7-21-20(14-19)8-13-29-21/h1-7,14H,8-13,15-17H2,(H,24,27)/p+1. The van der Waals surface area contributed by atoms with Crippen LogP contribution in [-0.2, 0) is 29.0 Å². The number of nitrogens with one attached hydrogen (secondary N) is 2. The van der Waals surface area contributed by atoms with Crippen LogP contribution in [0.4, 0.5) is 0 Å². The molecular weight excluding hydrogens is 366 g/mol. The van der Waals surface area contributed by atoms with Crippen LogP contribution in [0, 0.1) is 0 Å². The summed E-state index contributed by atoms with van der Waals surface area (Å²) in [5.74, 6) is 0.906. The quantitative estimate of drug-likeness (QED) is 0.736. The van der Waals surface area contributed by atoms with Gasteiger partial charge in [-0.1, -0.05) is 30.3 Å². The van der Waals surface area contributed by atoms with E-state index in [9.17, 15) is 9.59 Å². The van der Waals surface area contributed by atoms with Gasteiger partial charge < -0.3 is 19.9 Å². The summed E-state index contributed by atoms with van der Waals surface area (Å²) in [7, 11) is 0. The second kappa shape index (κ2) is 9.09. The first kappa shape index (κ1) is 19.5. The summed E-state index contributed by atoms with van der Waals surface area (Å²) < 4.78 is 5.58. The van der Waals surface area contributed by atoms with E-state index in [-0.39, 0.29) is 18.4 Å². The minimum atomic E-state index is -0.116. The maximum Gasteiger partial charge on any atom is 0.242 e. The van der Waals surface area contributed by atoms with Crippen molar-refractivity contribution in [2.75, 3.05) is 39.3 Å². The number of quaternary nitrogens is 1. The predicted molar refractivity (Wildman–Crippen MR) is 110 cm³/mol. The summed E-state index contributed by atoms with van der Waals surface area (Å²) in [6.45, 7) is 5.16. The number of benzene rings is 2. The van der Waals surface area contributed by atoms with Crippen LogP contribution in [0.3, 0.4) is 0 Å². The highest BCUT2D eigenvalue weighted by molar-refractivity contribution is 5.85. The molecule has 2 amide bonds. The monoisotopic (exact) mass is 394 g/mol. The van der Waals surface area contributed by atoms with Crippen LogP contribution in [-0.4, -0.2) is 56.0 Å². The maximum absolute atomic E-state index is 12.4. The molecule has 2 heterocycles. The van der Waals surface area contributed by atoms with Gasteiger partial charge in [-0.05, 0) is 29.3 Å². The summed E-state index contributed by atoms with van der Waals surface area (Å²) in [4.78, 5) is 27.8. The fourth-order valence-electron chi connectivity index (χ4n) is 4.02. The molecule has 0 saturated carbocycles. The van der Waals surface area contributed by atoms with E-state index in [2.05, 4.69) is 23.5 Å². The third kappa shape index (κ3) is 5.15. The minimum absolute atomic E-state index is 0.000131. The van der Waals surface area contributed by atoms with Crippen molar-refractivity contribution in [3.05, 3.63) is 65.2 Å². The Morgan fingerprint density at radius 1 is 1.03 bits per heavy atom. The van der Waals surface area contributed by atoms with Gasteiger partial charge in [-0.25, -0.2) is 0 Å². The Bertz CT molecular complexity index is 861. The first-order chi connectivity index (χ1) is 14.2. The van der Waals surface area contributed by atoms with Gasteiger partial charge in [-0.3, -0.25) is 9.59 Å². The summed E-state index contributed by atoms with van der Waals surface area (Å²) >= 11 is 0. The third-order valence-electron chi connectivity index (χ3n) is 5.68. The molecule has 2 aliphatic heterocycles. The van der Waals surface area contributed by atoms with Gasteiger partial charge in [0.15, 0.2) is 0 Å². The van der Waals surface area contributed by atoms with Crippen molar-refractivity contribution in [3.8, 4) is 5.75 Å². The highest BCUT2D eigenvalue weighted by Crippen LogP contribution is 2.25. The van der Waals surface area contributed by atoms with Gasteiger partial charge in [0.05, 0.1) is 45.8 Å². The van der Waals surface area contributed by atoms with E-state index >= 15 is 0 Å². The van der Waals surface area contributed by atoms with Crippen LogP contribution >= 0.6 is 0 Å². The molecule has 2 N–H and O–H groups in total. The summed E-state index contributed by atoms with van der Waals surface area (Å²) in [6.07, 6.45) is 1.30. The summed E-state index contributed by atoms with van der Waals surface area (Å²) in [6, 6.07) is 16.1. The van der Waals surface area contributed by atoms with E-state index in [4.69, 9.17) is 4.74 Å². The lowest BCUT2D eigenvalue weighted by molar-refractivity contribution is -0.917. The Labute approximate surface area is 171 Å². The van der Waals surface area contributed by atoms with Crippen molar-refractivity contribution in [2.24, 2.45) is 0 Å². The van der Waals surface area contributed by atoms with Gasteiger partial charge in [0.1, 0.15) is 12.3 Å². The molecule has 2 aromatic rings. The molecule has 0 aliphatic carbocycles. The SMILES string of the molecule is O=C(Cc1ccccc1)NCC(=O)N1CC[NH+](Cc2ccc3c(c2)CCO3)CC1. The topological polar surface area (TPSA) is 63.1 Å². The molecule has 6 heteroatoms. The van der Waals surface area contributed by atoms with Crippen molar-refractivity contribution in [2.45, 2.75) is 19.4 Å². The minimum Gasteiger partial charge on any atom is -0.493 e. The van der Waals surface area contributed by atoms with E-state index in [0.29, 0.717) is 6.42 Å². The predicted octanol–water partition coefficient (Wildman–Crippen LogP) is 0.208. The molecule has 4 rings (SSSR count). The van der Waals surface area contributed by atoms with Gasteiger partial charge in [0, 0.05) is 12.0 Å². The molecule has 2 aliphatic rings. The van der Waals surface area contributed by atoms with Gasteiger partial charge in [-0.2, -0.15) is 0 Å². The number of carbonyl (C=O) groups excluding carboxylic acids is 2. The zero-order chi connectivity index (χ0) is 20.1. The molecule has 0 aromatic heterocycles. The fraction of sp³-hybridized carbons (Fsp3) is 0.391. The number of piperazine rings is 1. The Kier molecular flexibility index (Phi) is 6.10. The number of amides is 2. The second-order valence-electron chi connectivity index (χ2n) is 7.79. The summed E-state index contributed by atoms with van der Waals surface area (Å²) in [5, 5.41) is 2.75. The van der Waals surface area contributed by atoms with Crippen LogP contribution in [0.1, 0.15) is 16.7 Å². The highest BCUT2D eigenvalue weighted by Gasteiger charge is 2.24. The molecule has 0 bridgehead atoms. The molecule has 0 atom stereocenters. The van der Waals surface area contributed by atoms with E-state index in [0.717, 1.165) is 57.1 Å². The normalized spacial score (nSPS) is 16.2. The van der Waals surface area contributed by atoms with Gasteiger partial charge in [0.25, 0.3) is 0 Å². The molecular formula is C23H28N3O3+. The number of carbonyl (C=O) groups is 2. The number of rotatable bonds is 6. The average Bonchev–Trinajstić information content (AvgIpc) is 3.21. The van der Waals surface area contributed by atoms with Crippen molar-refractivity contribution < 1.29 is 19.2 Å². The van der Waals surface area contributed by atoms with Crippen molar-refractivity contribution in [1.29, 1.82) is 0 Å². The Balaban J connectivity index is 1.19. The molecule has 0 radical (unpaired) electrons. The van der Waals surface area contributed by atoms with Crippen LogP contribution in [0.5, 0.6) is 5.75 Å². The zero-order valence-electron chi connectivity index (χ0n) is 16.7. The second-order valence-corrected chi connectivity index (χ2v) is 7.79. The molecule has 0 unspecified atom stereocenters. The van der Waals surface area contributed by atoms with E-state index < -0.39 is 0 Å². The molecule has 6 nitrogen and oxygen atoms in total. The van der Waals surface area contributed by atoms with Gasteiger partial charge in [0.2, 0.25) is 11.8 Å². The number of nitrogens with zero attached hydrogens (tertiary/aromatic N) is 1. The molecule has 29 heavy (non-hydrogen) atoms. The Morgan fingerprint density at radius 2 is 1.83 bits per heavy atom. The van der Waals surface area contributed by atoms with Crippen molar-refractivity contribution >= 4 is 11.8 Å². The molecule has 1 fully saturated rings. The fourth-order valence-corrected chi connectivity index (χ4v) is 4.02. The first-order valence-corrected chi connectivity index (χ1v) is 10.3. The van der Waals surface area contributed by atoms with Crippen LogP contribution in [0.25, 0.3) is 0 Å². The number of hydrogen-bond acceptors (Lipinski definition) is 3. The molecule has 0 spiro atoms. The van der Waals surface area contributed by atoms with Crippen LogP contribution < -0.4 is 15.0 Å². The average molecular weight is 394 g/mol. The van der Waals surface area contributed by atoms with Gasteiger partial charge >= 0.3 is 0 Å². The number of fused-ring (bicyclic) bond motifs is 1.